The summed E-state index contributed by atoms with van der Waals surface area (Å²) in [5.41, 5.74) is 1.25. The van der Waals surface area contributed by atoms with E-state index < -0.39 is 5.60 Å². The van der Waals surface area contributed by atoms with E-state index in [4.69, 9.17) is 4.74 Å². The zero-order valence-corrected chi connectivity index (χ0v) is 14.4. The monoisotopic (exact) mass is 352 g/mol. The summed E-state index contributed by atoms with van der Waals surface area (Å²) in [4.78, 5) is 0. The van der Waals surface area contributed by atoms with E-state index in [0.29, 0.717) is 5.41 Å². The summed E-state index contributed by atoms with van der Waals surface area (Å²) < 4.78 is 6.24. The van der Waals surface area contributed by atoms with E-state index >= 15 is 0 Å². The molecule has 2 saturated carbocycles. The van der Waals surface area contributed by atoms with Crippen molar-refractivity contribution in [3.05, 3.63) is 28.2 Å². The first-order chi connectivity index (χ1) is 10.0. The Balaban J connectivity index is 1.66. The average molecular weight is 353 g/mol. The molecule has 2 aliphatic carbocycles. The summed E-state index contributed by atoms with van der Waals surface area (Å²) >= 11 is 3.53. The fraction of sp³-hybridized carbons (Fsp3) is 0.667. The van der Waals surface area contributed by atoms with Crippen molar-refractivity contribution in [3.8, 4) is 5.75 Å². The first-order valence-electron chi connectivity index (χ1n) is 8.09. The Morgan fingerprint density at radius 1 is 1.10 bits per heavy atom. The predicted octanol–water partition coefficient (Wildman–Crippen LogP) is 4.87. The molecule has 0 amide bonds. The van der Waals surface area contributed by atoms with Gasteiger partial charge in [0.05, 0.1) is 17.2 Å². The van der Waals surface area contributed by atoms with Crippen LogP contribution in [0.4, 0.5) is 0 Å². The standard InChI is InChI=1S/C18H25BrO2/c1-21-16-5-4-14(12-15(16)19)13-18(20)10-8-17(9-11-18)6-2-3-7-17/h4-5,12,20H,2-3,6-11,13H2,1H3. The van der Waals surface area contributed by atoms with Crippen LogP contribution in [0.1, 0.15) is 56.9 Å². The lowest BCUT2D eigenvalue weighted by Crippen LogP contribution is -2.39. The van der Waals surface area contributed by atoms with Crippen LogP contribution in [0.2, 0.25) is 0 Å². The summed E-state index contributed by atoms with van der Waals surface area (Å²) in [7, 11) is 1.68. The lowest BCUT2D eigenvalue weighted by molar-refractivity contribution is -0.0322. The van der Waals surface area contributed by atoms with Gasteiger partial charge in [-0.15, -0.1) is 0 Å². The fourth-order valence-corrected chi connectivity index (χ4v) is 4.84. The molecule has 0 unspecified atom stereocenters. The van der Waals surface area contributed by atoms with E-state index in [1.807, 2.05) is 6.07 Å². The van der Waals surface area contributed by atoms with E-state index in [1.165, 1.54) is 44.1 Å². The molecule has 0 radical (unpaired) electrons. The molecule has 1 spiro atoms. The molecule has 3 rings (SSSR count). The SMILES string of the molecule is COc1ccc(CC2(O)CCC3(CCCC3)CC2)cc1Br. The number of hydrogen-bond donors (Lipinski definition) is 1. The van der Waals surface area contributed by atoms with E-state index in [9.17, 15) is 5.11 Å². The van der Waals surface area contributed by atoms with Crippen LogP contribution in [0.15, 0.2) is 22.7 Å². The van der Waals surface area contributed by atoms with Gasteiger partial charge in [0.25, 0.3) is 0 Å². The van der Waals surface area contributed by atoms with Crippen molar-refractivity contribution in [2.24, 2.45) is 5.41 Å². The van der Waals surface area contributed by atoms with Gasteiger partial charge in [0.15, 0.2) is 0 Å². The maximum Gasteiger partial charge on any atom is 0.133 e. The zero-order valence-electron chi connectivity index (χ0n) is 12.8. The lowest BCUT2D eigenvalue weighted by Gasteiger charge is -2.42. The van der Waals surface area contributed by atoms with Gasteiger partial charge in [0, 0.05) is 6.42 Å². The van der Waals surface area contributed by atoms with Crippen LogP contribution in [0.5, 0.6) is 5.75 Å². The third kappa shape index (κ3) is 3.29. The molecule has 0 heterocycles. The molecule has 0 atom stereocenters. The Bertz CT molecular complexity index is 496. The molecule has 1 N–H and O–H groups in total. The Kier molecular flexibility index (Phi) is 4.33. The first-order valence-corrected chi connectivity index (χ1v) is 8.88. The van der Waals surface area contributed by atoms with Gasteiger partial charge >= 0.3 is 0 Å². The second-order valence-corrected chi connectivity index (χ2v) is 7.93. The third-order valence-electron chi connectivity index (χ3n) is 5.65. The number of aliphatic hydroxyl groups is 1. The normalized spacial score (nSPS) is 23.4. The van der Waals surface area contributed by atoms with Gasteiger partial charge in [-0.25, -0.2) is 0 Å². The van der Waals surface area contributed by atoms with E-state index in [1.54, 1.807) is 7.11 Å². The van der Waals surface area contributed by atoms with Gasteiger partial charge in [0.2, 0.25) is 0 Å². The fourth-order valence-electron chi connectivity index (χ4n) is 4.25. The van der Waals surface area contributed by atoms with Gasteiger partial charge in [-0.05, 0) is 77.6 Å². The van der Waals surface area contributed by atoms with Crippen LogP contribution in [-0.4, -0.2) is 17.8 Å². The van der Waals surface area contributed by atoms with Gasteiger partial charge in [-0.1, -0.05) is 18.9 Å². The van der Waals surface area contributed by atoms with Crippen LogP contribution in [0.25, 0.3) is 0 Å². The average Bonchev–Trinajstić information content (AvgIpc) is 2.92. The molecule has 0 bridgehead atoms. The Hall–Kier alpha value is -0.540. The number of benzene rings is 1. The highest BCUT2D eigenvalue weighted by atomic mass is 79.9. The molecule has 2 aliphatic rings. The summed E-state index contributed by atoms with van der Waals surface area (Å²) in [6.07, 6.45) is 10.6. The molecular formula is C18H25BrO2. The molecular weight excluding hydrogens is 328 g/mol. The van der Waals surface area contributed by atoms with Gasteiger partial charge < -0.3 is 9.84 Å². The van der Waals surface area contributed by atoms with Crippen LogP contribution < -0.4 is 4.74 Å². The van der Waals surface area contributed by atoms with Gasteiger partial charge in [0.1, 0.15) is 5.75 Å². The molecule has 21 heavy (non-hydrogen) atoms. The van der Waals surface area contributed by atoms with Gasteiger partial charge in [-0.2, -0.15) is 0 Å². The van der Waals surface area contributed by atoms with Crippen molar-refractivity contribution in [3.63, 3.8) is 0 Å². The van der Waals surface area contributed by atoms with Crippen molar-refractivity contribution in [2.75, 3.05) is 7.11 Å². The molecule has 1 aromatic carbocycles. The molecule has 116 valence electrons. The third-order valence-corrected chi connectivity index (χ3v) is 6.27. The minimum absolute atomic E-state index is 0.512. The van der Waals surface area contributed by atoms with Crippen molar-refractivity contribution in [1.29, 1.82) is 0 Å². The Morgan fingerprint density at radius 3 is 2.33 bits per heavy atom. The second-order valence-electron chi connectivity index (χ2n) is 7.08. The zero-order chi connectivity index (χ0) is 14.9. The maximum absolute atomic E-state index is 10.9. The molecule has 0 aliphatic heterocycles. The highest BCUT2D eigenvalue weighted by molar-refractivity contribution is 9.10. The van der Waals surface area contributed by atoms with Gasteiger partial charge in [-0.3, -0.25) is 0 Å². The van der Waals surface area contributed by atoms with Crippen LogP contribution in [-0.2, 0) is 6.42 Å². The topological polar surface area (TPSA) is 29.5 Å². The number of rotatable bonds is 3. The Labute approximate surface area is 136 Å². The highest BCUT2D eigenvalue weighted by Crippen LogP contribution is 2.51. The Morgan fingerprint density at radius 2 is 1.76 bits per heavy atom. The van der Waals surface area contributed by atoms with Crippen LogP contribution >= 0.6 is 15.9 Å². The summed E-state index contributed by atoms with van der Waals surface area (Å²) in [5.74, 6) is 0.847. The summed E-state index contributed by atoms with van der Waals surface area (Å²) in [6, 6.07) is 6.13. The number of halogens is 1. The molecule has 2 fully saturated rings. The lowest BCUT2D eigenvalue weighted by atomic mass is 9.66. The molecule has 1 aromatic rings. The minimum atomic E-state index is -0.512. The molecule has 0 aromatic heterocycles. The molecule has 0 saturated heterocycles. The summed E-state index contributed by atoms with van der Waals surface area (Å²) in [5, 5.41) is 10.9. The summed E-state index contributed by atoms with van der Waals surface area (Å²) in [6.45, 7) is 0. The highest BCUT2D eigenvalue weighted by Gasteiger charge is 2.42. The first kappa shape index (κ1) is 15.4. The number of methoxy groups -OCH3 is 1. The van der Waals surface area contributed by atoms with Crippen LogP contribution in [0.3, 0.4) is 0 Å². The number of hydrogen-bond acceptors (Lipinski definition) is 2. The smallest absolute Gasteiger partial charge is 0.133 e. The van der Waals surface area contributed by atoms with Crippen molar-refractivity contribution >= 4 is 15.9 Å². The van der Waals surface area contributed by atoms with Crippen LogP contribution in [0, 0.1) is 5.41 Å². The largest absolute Gasteiger partial charge is 0.496 e. The quantitative estimate of drug-likeness (QED) is 0.840. The molecule has 2 nitrogen and oxygen atoms in total. The van der Waals surface area contributed by atoms with Crippen molar-refractivity contribution in [2.45, 2.75) is 63.4 Å². The van der Waals surface area contributed by atoms with E-state index in [-0.39, 0.29) is 0 Å². The van der Waals surface area contributed by atoms with E-state index in [2.05, 4.69) is 28.1 Å². The van der Waals surface area contributed by atoms with Crippen molar-refractivity contribution in [1.82, 2.24) is 0 Å². The van der Waals surface area contributed by atoms with E-state index in [0.717, 1.165) is 29.5 Å². The molecule has 3 heteroatoms. The minimum Gasteiger partial charge on any atom is -0.496 e. The number of ether oxygens (including phenoxy) is 1. The second kappa shape index (κ2) is 5.92. The maximum atomic E-state index is 10.9. The predicted molar refractivity (Wildman–Crippen MR) is 88.7 cm³/mol. The van der Waals surface area contributed by atoms with Crippen molar-refractivity contribution < 1.29 is 9.84 Å².